The van der Waals surface area contributed by atoms with Crippen molar-refractivity contribution in [1.82, 2.24) is 55.2 Å². The molecule has 10 aromatic heterocycles. The normalized spacial score (nSPS) is 13.9. The number of anilines is 4. The molecule has 1 saturated heterocycles. The number of nitrogens with two attached hydrogens (primary N) is 3. The molecule has 0 amide bonds. The van der Waals surface area contributed by atoms with Crippen LogP contribution in [-0.2, 0) is 28.9 Å². The number of nitrogen functional groups attached to an aromatic ring is 2. The summed E-state index contributed by atoms with van der Waals surface area (Å²) >= 11 is 24.9. The highest BCUT2D eigenvalue weighted by molar-refractivity contribution is 9.11. The van der Waals surface area contributed by atoms with Crippen LogP contribution in [-0.4, -0.2) is 81.1 Å². The fourth-order valence-electron chi connectivity index (χ4n) is 8.49. The Balaban J connectivity index is 0.000000242. The molecular weight excluding hydrogens is 1490 g/mol. The van der Waals surface area contributed by atoms with Gasteiger partial charge in [-0.25, -0.2) is 24.9 Å². The molecule has 0 spiro atoms. The van der Waals surface area contributed by atoms with Crippen molar-refractivity contribution in [2.24, 2.45) is 5.73 Å². The Morgan fingerprint density at radius 3 is 1.20 bits per heavy atom. The van der Waals surface area contributed by atoms with Crippen LogP contribution >= 0.6 is 155 Å². The number of alkyl halides is 1. The molecule has 95 heavy (non-hydrogen) atoms. The van der Waals surface area contributed by atoms with E-state index in [9.17, 15) is 0 Å². The molecule has 9 N–H and O–H groups in total. The van der Waals surface area contributed by atoms with E-state index in [2.05, 4.69) is 93.9 Å². The molecule has 0 unspecified atom stereocenters. The van der Waals surface area contributed by atoms with Crippen molar-refractivity contribution in [2.45, 2.75) is 160 Å². The first-order valence-corrected chi connectivity index (χ1v) is 39.9. The molecule has 0 radical (unpaired) electrons. The van der Waals surface area contributed by atoms with Crippen LogP contribution in [0.3, 0.4) is 0 Å². The van der Waals surface area contributed by atoms with E-state index < -0.39 is 0 Å². The number of pyridine rings is 5. The van der Waals surface area contributed by atoms with Gasteiger partial charge < -0.3 is 33.2 Å². The first kappa shape index (κ1) is 82.7. The van der Waals surface area contributed by atoms with Crippen LogP contribution < -0.4 is 33.2 Å². The molecule has 10 aromatic rings. The lowest BCUT2D eigenvalue weighted by Gasteiger charge is -2.23. The third kappa shape index (κ3) is 36.1. The lowest BCUT2D eigenvalue weighted by Crippen LogP contribution is -2.38. The minimum absolute atomic E-state index is 0. The maximum absolute atomic E-state index is 8.18. The zero-order chi connectivity index (χ0) is 64.5. The van der Waals surface area contributed by atoms with Gasteiger partial charge in [-0.2, -0.15) is 5.26 Å². The van der Waals surface area contributed by atoms with Gasteiger partial charge in [-0.3, -0.25) is 24.9 Å². The fourth-order valence-corrected chi connectivity index (χ4v) is 17.8. The van der Waals surface area contributed by atoms with Gasteiger partial charge in [0.05, 0.1) is 86.4 Å². The summed E-state index contributed by atoms with van der Waals surface area (Å²) in [6.45, 7) is 2.18. The number of rotatable bonds is 18. The summed E-state index contributed by atoms with van der Waals surface area (Å²) < 4.78 is 6.61. The zero-order valence-electron chi connectivity index (χ0n) is 51.0. The predicted molar refractivity (Wildman–Crippen MR) is 419 cm³/mol. The Morgan fingerprint density at radius 1 is 0.484 bits per heavy atom. The van der Waals surface area contributed by atoms with Crippen LogP contribution in [0, 0.1) is 10.7 Å². The summed E-state index contributed by atoms with van der Waals surface area (Å²) in [7, 11) is 0. The second-order valence-corrected chi connectivity index (χ2v) is 33.0. The minimum atomic E-state index is 0. The summed E-state index contributed by atoms with van der Waals surface area (Å²) in [6.07, 6.45) is 34.0. The number of halogens is 3. The number of nitriles is 1. The zero-order valence-corrected chi connectivity index (χ0v) is 62.3. The SMILES string of the molecule is Brc1ncc(SCc2ccccn2)s1.C.C.Cl.ClCc1ccccn1.N#CSc1cnc(N)s1.NC1CCCCC1.Nc1ncc(SCc2ccccn2)s1.c1ccc(CSc2cnc(NC3CCCCC3)s2)nc1.c1ccc(CSc2cnc(N[C@@H]3CCCNC3)s2)nc1. The Morgan fingerprint density at radius 2 is 0.863 bits per heavy atom. The molecule has 510 valence electrons. The number of nitrogens with zero attached hydrogens (tertiary/aromatic N) is 11. The summed E-state index contributed by atoms with van der Waals surface area (Å²) in [6, 6.07) is 31.3. The van der Waals surface area contributed by atoms with Crippen molar-refractivity contribution in [3.05, 3.63) is 185 Å². The molecule has 13 rings (SSSR count). The van der Waals surface area contributed by atoms with Gasteiger partial charge in [0.15, 0.2) is 24.4 Å². The Labute approximate surface area is 621 Å². The molecule has 30 heteroatoms. The van der Waals surface area contributed by atoms with Crippen molar-refractivity contribution in [1.29, 1.82) is 5.26 Å². The first-order chi connectivity index (χ1) is 45.1. The maximum atomic E-state index is 8.18. The van der Waals surface area contributed by atoms with Gasteiger partial charge >= 0.3 is 0 Å². The van der Waals surface area contributed by atoms with Gasteiger partial charge in [-0.15, -0.1) is 82.4 Å². The molecule has 1 aliphatic heterocycles. The molecule has 17 nitrogen and oxygen atoms in total. The number of aromatic nitrogens is 10. The van der Waals surface area contributed by atoms with Gasteiger partial charge in [-0.05, 0) is 122 Å². The lowest BCUT2D eigenvalue weighted by atomic mass is 9.96. The second kappa shape index (κ2) is 50.6. The van der Waals surface area contributed by atoms with Crippen molar-refractivity contribution < 1.29 is 0 Å². The van der Waals surface area contributed by atoms with Crippen LogP contribution in [0.25, 0.3) is 0 Å². The summed E-state index contributed by atoms with van der Waals surface area (Å²) in [5.74, 6) is 4.07. The van der Waals surface area contributed by atoms with Gasteiger partial charge in [0, 0.05) is 90.4 Å². The summed E-state index contributed by atoms with van der Waals surface area (Å²) in [4.78, 5) is 41.9. The number of thiazole rings is 5. The van der Waals surface area contributed by atoms with Crippen molar-refractivity contribution in [3.63, 3.8) is 0 Å². The average molecular weight is 1570 g/mol. The smallest absolute Gasteiger partial charge is 0.183 e. The summed E-state index contributed by atoms with van der Waals surface area (Å²) in [5.41, 5.74) is 21.8. The number of thiocyanates is 1. The minimum Gasteiger partial charge on any atom is -0.375 e. The molecule has 2 saturated carbocycles. The third-order valence-corrected chi connectivity index (χ3v) is 23.9. The number of thioether (sulfide) groups is 5. The second-order valence-electron chi connectivity index (χ2n) is 20.1. The van der Waals surface area contributed by atoms with Crippen LogP contribution in [0.2, 0.25) is 0 Å². The van der Waals surface area contributed by atoms with Gasteiger partial charge in [-0.1, -0.05) is 129 Å². The molecule has 3 fully saturated rings. The fraction of sp³-hybridized carbons (Fsp3) is 0.369. The lowest BCUT2D eigenvalue weighted by molar-refractivity contribution is 0.441. The predicted octanol–water partition coefficient (Wildman–Crippen LogP) is 19.7. The van der Waals surface area contributed by atoms with Crippen molar-refractivity contribution in [2.75, 3.05) is 35.2 Å². The number of hydrogen-bond acceptors (Lipinski definition) is 27. The van der Waals surface area contributed by atoms with Crippen molar-refractivity contribution >= 4 is 176 Å². The highest BCUT2D eigenvalue weighted by atomic mass is 79.9. The molecule has 2 aliphatic carbocycles. The van der Waals surface area contributed by atoms with Gasteiger partial charge in [0.2, 0.25) is 0 Å². The number of hydrogen-bond donors (Lipinski definition) is 6. The Kier molecular flexibility index (Phi) is 44.1. The van der Waals surface area contributed by atoms with Crippen molar-refractivity contribution in [3.8, 4) is 5.40 Å². The van der Waals surface area contributed by atoms with Crippen LogP contribution in [0.4, 0.5) is 20.5 Å². The molecule has 0 aromatic carbocycles. The highest BCUT2D eigenvalue weighted by Gasteiger charge is 2.16. The first-order valence-electron chi connectivity index (χ1n) is 29.7. The molecule has 11 heterocycles. The monoisotopic (exact) mass is 1570 g/mol. The number of nitrogens with one attached hydrogen (secondary N) is 3. The largest absolute Gasteiger partial charge is 0.375 e. The highest BCUT2D eigenvalue weighted by Crippen LogP contribution is 2.34. The van der Waals surface area contributed by atoms with E-state index in [1.807, 2.05) is 133 Å². The van der Waals surface area contributed by atoms with Crippen LogP contribution in [0.1, 0.15) is 120 Å². The van der Waals surface area contributed by atoms with Gasteiger partial charge in [0.25, 0.3) is 0 Å². The molecule has 1 atom stereocenters. The summed E-state index contributed by atoms with van der Waals surface area (Å²) in [5, 5.41) is 23.8. The average Bonchev–Trinajstić information content (AvgIpc) is 2.71. The van der Waals surface area contributed by atoms with Crippen LogP contribution in [0.15, 0.2) is 178 Å². The Hall–Kier alpha value is -4.68. The van der Waals surface area contributed by atoms with E-state index in [-0.39, 0.29) is 27.3 Å². The number of piperidine rings is 1. The van der Waals surface area contributed by atoms with E-state index in [0.717, 1.165) is 98.9 Å². The van der Waals surface area contributed by atoms with E-state index in [1.165, 1.54) is 112 Å². The van der Waals surface area contributed by atoms with Gasteiger partial charge in [0.1, 0.15) is 5.40 Å². The van der Waals surface area contributed by atoms with E-state index in [0.29, 0.717) is 34.3 Å². The quantitative estimate of drug-likeness (QED) is 0.0265. The Bertz CT molecular complexity index is 3340. The van der Waals surface area contributed by atoms with E-state index >= 15 is 0 Å². The maximum Gasteiger partial charge on any atom is 0.183 e. The third-order valence-electron chi connectivity index (χ3n) is 13.0. The van der Waals surface area contributed by atoms with E-state index in [4.69, 9.17) is 34.1 Å². The molecule has 3 aliphatic rings. The topological polar surface area (TPSA) is 267 Å². The molecular formula is C65H84BrCl2N17S10. The van der Waals surface area contributed by atoms with E-state index in [1.54, 1.807) is 94.1 Å². The standard InChI is InChI=1S/C15H19N3S2.C14H18N4S2.C9H7BrN2S2.C9H9N3S2.C6H6ClN.C6H13N.C4H3N3S2.2CH4.ClH/c1-2-6-12(7-3-1)18-15-17-10-14(20-15)19-11-13-8-4-5-9-16-13;1-2-7-16-12(4-1)10-19-13-9-17-14(20-13)18-11-5-3-6-15-8-11;2*10-9-12-5-8(14-9)13-6-7-3-1-2-4-11-7;7-5-6-3-1-2-4-8-6;7-6-4-2-1-3-5-6;5-2-8-3-1-7-4(6)9-3;;;/h4-5,8-10,12H,1-3,6-7,11H2,(H,17,18);1-2,4,7,9,11,15H,3,5-6,8,10H2,(H,17,18);1-5H,6H2;1-5H,6H2,(H2,10,12);1-4H,5H2;6H,1-5,7H2;1H,(H2,6,7);2*1H4;1H/t;11-;;;;;;;;/m.1......../s1. The molecule has 0 bridgehead atoms. The van der Waals surface area contributed by atoms with Crippen LogP contribution in [0.5, 0.6) is 0 Å².